The zero-order chi connectivity index (χ0) is 12.0. The van der Waals surface area contributed by atoms with E-state index in [1.54, 1.807) is 0 Å². The Morgan fingerprint density at radius 3 is 2.50 bits per heavy atom. The van der Waals surface area contributed by atoms with Crippen LogP contribution in [0.5, 0.6) is 0 Å². The number of hydrogen-bond acceptors (Lipinski definition) is 1. The molecule has 1 rings (SSSR count). The van der Waals surface area contributed by atoms with Gasteiger partial charge < -0.3 is 5.32 Å². The standard InChI is InChI=1S/C13H18BrNO/c1-3-11-4-6-12(7-5-11)13(16)15-9-8-10(2)14/h4-7,10H,3,8-9H2,1-2H3,(H,15,16). The molecule has 0 aliphatic rings. The zero-order valence-corrected chi connectivity index (χ0v) is 11.4. The van der Waals surface area contributed by atoms with Crippen LogP contribution in [0.3, 0.4) is 0 Å². The van der Waals surface area contributed by atoms with Crippen LogP contribution in [0, 0.1) is 0 Å². The van der Waals surface area contributed by atoms with Gasteiger partial charge in [-0.3, -0.25) is 4.79 Å². The fraction of sp³-hybridized carbons (Fsp3) is 0.462. The van der Waals surface area contributed by atoms with E-state index in [0.29, 0.717) is 11.4 Å². The summed E-state index contributed by atoms with van der Waals surface area (Å²) >= 11 is 3.45. The van der Waals surface area contributed by atoms with Crippen LogP contribution in [-0.4, -0.2) is 17.3 Å². The minimum Gasteiger partial charge on any atom is -0.352 e. The number of halogens is 1. The number of hydrogen-bond donors (Lipinski definition) is 1. The third kappa shape index (κ3) is 4.35. The Morgan fingerprint density at radius 1 is 1.38 bits per heavy atom. The first-order chi connectivity index (χ1) is 7.63. The van der Waals surface area contributed by atoms with Crippen molar-refractivity contribution in [1.82, 2.24) is 5.32 Å². The average Bonchev–Trinajstić information content (AvgIpc) is 2.28. The van der Waals surface area contributed by atoms with Gasteiger partial charge in [0.15, 0.2) is 0 Å². The molecule has 1 aromatic carbocycles. The van der Waals surface area contributed by atoms with Crippen LogP contribution < -0.4 is 5.32 Å². The minimum atomic E-state index is 0.0100. The number of amides is 1. The van der Waals surface area contributed by atoms with E-state index in [-0.39, 0.29) is 5.91 Å². The third-order valence-corrected chi connectivity index (χ3v) is 2.91. The fourth-order valence-corrected chi connectivity index (χ4v) is 1.61. The monoisotopic (exact) mass is 283 g/mol. The van der Waals surface area contributed by atoms with Crippen molar-refractivity contribution in [3.63, 3.8) is 0 Å². The molecule has 0 spiro atoms. The summed E-state index contributed by atoms with van der Waals surface area (Å²) < 4.78 is 0. The fourth-order valence-electron chi connectivity index (χ4n) is 1.38. The van der Waals surface area contributed by atoms with Crippen molar-refractivity contribution in [2.75, 3.05) is 6.54 Å². The molecule has 0 saturated carbocycles. The van der Waals surface area contributed by atoms with E-state index in [9.17, 15) is 4.79 Å². The lowest BCUT2D eigenvalue weighted by molar-refractivity contribution is 0.0953. The van der Waals surface area contributed by atoms with E-state index < -0.39 is 0 Å². The van der Waals surface area contributed by atoms with Crippen LogP contribution in [0.2, 0.25) is 0 Å². The summed E-state index contributed by atoms with van der Waals surface area (Å²) in [5.74, 6) is 0.0100. The van der Waals surface area contributed by atoms with Crippen molar-refractivity contribution in [3.05, 3.63) is 35.4 Å². The molecule has 88 valence electrons. The predicted molar refractivity (Wildman–Crippen MR) is 71.2 cm³/mol. The van der Waals surface area contributed by atoms with Crippen molar-refractivity contribution in [2.45, 2.75) is 31.5 Å². The predicted octanol–water partition coefficient (Wildman–Crippen LogP) is 3.15. The summed E-state index contributed by atoms with van der Waals surface area (Å²) in [6, 6.07) is 7.77. The molecule has 0 bridgehead atoms. The first kappa shape index (κ1) is 13.2. The Balaban J connectivity index is 2.46. The Hall–Kier alpha value is -0.830. The van der Waals surface area contributed by atoms with Crippen molar-refractivity contribution in [3.8, 4) is 0 Å². The molecule has 3 heteroatoms. The molecule has 1 amide bonds. The molecule has 2 nitrogen and oxygen atoms in total. The lowest BCUT2D eigenvalue weighted by Crippen LogP contribution is -2.25. The number of aryl methyl sites for hydroxylation is 1. The lowest BCUT2D eigenvalue weighted by Gasteiger charge is -2.06. The van der Waals surface area contributed by atoms with Crippen LogP contribution in [0.4, 0.5) is 0 Å². The Kier molecular flexibility index (Phi) is 5.53. The molecule has 1 aromatic rings. The Labute approximate surface area is 106 Å². The van der Waals surface area contributed by atoms with Crippen molar-refractivity contribution in [1.29, 1.82) is 0 Å². The molecular formula is C13H18BrNO. The van der Waals surface area contributed by atoms with Gasteiger partial charge >= 0.3 is 0 Å². The average molecular weight is 284 g/mol. The van der Waals surface area contributed by atoms with Crippen molar-refractivity contribution >= 4 is 21.8 Å². The molecule has 0 aliphatic carbocycles. The number of alkyl halides is 1. The minimum absolute atomic E-state index is 0.0100. The van der Waals surface area contributed by atoms with Gasteiger partial charge in [0.2, 0.25) is 0 Å². The summed E-state index contributed by atoms with van der Waals surface area (Å²) in [5, 5.41) is 2.90. The van der Waals surface area contributed by atoms with E-state index in [1.807, 2.05) is 24.3 Å². The molecule has 0 saturated heterocycles. The van der Waals surface area contributed by atoms with E-state index in [1.165, 1.54) is 5.56 Å². The van der Waals surface area contributed by atoms with E-state index in [0.717, 1.165) is 18.4 Å². The van der Waals surface area contributed by atoms with Gasteiger partial charge in [0, 0.05) is 16.9 Å². The van der Waals surface area contributed by atoms with Crippen LogP contribution in [0.1, 0.15) is 36.2 Å². The smallest absolute Gasteiger partial charge is 0.251 e. The first-order valence-corrected chi connectivity index (χ1v) is 6.56. The van der Waals surface area contributed by atoms with Crippen LogP contribution in [0.15, 0.2) is 24.3 Å². The second-order valence-corrected chi connectivity index (χ2v) is 5.44. The normalized spacial score (nSPS) is 12.2. The molecule has 0 heterocycles. The molecule has 0 aromatic heterocycles. The molecule has 0 aliphatic heterocycles. The van der Waals surface area contributed by atoms with Crippen molar-refractivity contribution < 1.29 is 4.79 Å². The molecular weight excluding hydrogens is 266 g/mol. The summed E-state index contributed by atoms with van der Waals surface area (Å²) in [7, 11) is 0. The number of carbonyl (C=O) groups is 1. The Morgan fingerprint density at radius 2 is 2.00 bits per heavy atom. The topological polar surface area (TPSA) is 29.1 Å². The van der Waals surface area contributed by atoms with Gasteiger partial charge in [0.1, 0.15) is 0 Å². The van der Waals surface area contributed by atoms with E-state index >= 15 is 0 Å². The molecule has 0 fully saturated rings. The van der Waals surface area contributed by atoms with Gasteiger partial charge in [-0.15, -0.1) is 0 Å². The zero-order valence-electron chi connectivity index (χ0n) is 9.79. The van der Waals surface area contributed by atoms with E-state index in [4.69, 9.17) is 0 Å². The maximum Gasteiger partial charge on any atom is 0.251 e. The van der Waals surface area contributed by atoms with Gasteiger partial charge in [0.05, 0.1) is 0 Å². The second kappa shape index (κ2) is 6.69. The van der Waals surface area contributed by atoms with Crippen LogP contribution in [0.25, 0.3) is 0 Å². The summed E-state index contributed by atoms with van der Waals surface area (Å²) in [6.45, 7) is 4.88. The van der Waals surface area contributed by atoms with Crippen LogP contribution in [-0.2, 0) is 6.42 Å². The highest BCUT2D eigenvalue weighted by atomic mass is 79.9. The SMILES string of the molecule is CCc1ccc(C(=O)NCCC(C)Br)cc1. The largest absolute Gasteiger partial charge is 0.352 e. The van der Waals surface area contributed by atoms with Gasteiger partial charge in [0.25, 0.3) is 5.91 Å². The molecule has 1 N–H and O–H groups in total. The second-order valence-electron chi connectivity index (χ2n) is 3.88. The van der Waals surface area contributed by atoms with Gasteiger partial charge in [-0.25, -0.2) is 0 Å². The lowest BCUT2D eigenvalue weighted by atomic mass is 10.1. The highest BCUT2D eigenvalue weighted by Crippen LogP contribution is 2.05. The number of nitrogens with one attached hydrogen (secondary N) is 1. The highest BCUT2D eigenvalue weighted by molar-refractivity contribution is 9.09. The quantitative estimate of drug-likeness (QED) is 0.827. The number of carbonyl (C=O) groups excluding carboxylic acids is 1. The van der Waals surface area contributed by atoms with Crippen molar-refractivity contribution in [2.24, 2.45) is 0 Å². The molecule has 1 atom stereocenters. The van der Waals surface area contributed by atoms with E-state index in [2.05, 4.69) is 35.1 Å². The van der Waals surface area contributed by atoms with Crippen LogP contribution >= 0.6 is 15.9 Å². The number of benzene rings is 1. The highest BCUT2D eigenvalue weighted by Gasteiger charge is 2.04. The molecule has 16 heavy (non-hydrogen) atoms. The summed E-state index contributed by atoms with van der Waals surface area (Å²) in [4.78, 5) is 12.1. The molecule has 1 unspecified atom stereocenters. The van der Waals surface area contributed by atoms with Gasteiger partial charge in [-0.05, 0) is 30.5 Å². The summed E-state index contributed by atoms with van der Waals surface area (Å²) in [5.41, 5.74) is 1.99. The van der Waals surface area contributed by atoms with Gasteiger partial charge in [-0.2, -0.15) is 0 Å². The third-order valence-electron chi connectivity index (χ3n) is 2.45. The maximum absolute atomic E-state index is 11.7. The number of rotatable bonds is 5. The van der Waals surface area contributed by atoms with Gasteiger partial charge in [-0.1, -0.05) is 41.9 Å². The molecule has 0 radical (unpaired) electrons. The maximum atomic E-state index is 11.7. The first-order valence-electron chi connectivity index (χ1n) is 5.64. The Bertz CT molecular complexity index is 332. The summed E-state index contributed by atoms with van der Waals surface area (Å²) in [6.07, 6.45) is 1.95.